The van der Waals surface area contributed by atoms with E-state index in [9.17, 15) is 0 Å². The van der Waals surface area contributed by atoms with Gasteiger partial charge in [-0.25, -0.2) is 0 Å². The van der Waals surface area contributed by atoms with Gasteiger partial charge in [0.05, 0.1) is 0 Å². The molecule has 76 valence electrons. The van der Waals surface area contributed by atoms with Crippen LogP contribution in [-0.2, 0) is 0 Å². The molecule has 0 amide bonds. The van der Waals surface area contributed by atoms with Crippen molar-refractivity contribution in [2.45, 2.75) is 47.5 Å². The van der Waals surface area contributed by atoms with E-state index in [1.54, 1.807) is 0 Å². The third-order valence-electron chi connectivity index (χ3n) is 2.06. The van der Waals surface area contributed by atoms with Gasteiger partial charge in [-0.15, -0.1) is 0 Å². The van der Waals surface area contributed by atoms with Gasteiger partial charge >= 0.3 is 0 Å². The maximum absolute atomic E-state index is 5.91. The molecule has 13 heavy (non-hydrogen) atoms. The first-order chi connectivity index (χ1) is 5.88. The van der Waals surface area contributed by atoms with E-state index >= 15 is 0 Å². The molecule has 1 nitrogen and oxygen atoms in total. The molecule has 2 N–H and O–H groups in total. The van der Waals surface area contributed by atoms with Gasteiger partial charge in [-0.05, 0) is 19.4 Å². The van der Waals surface area contributed by atoms with Crippen LogP contribution in [0.25, 0.3) is 0 Å². The van der Waals surface area contributed by atoms with Crippen molar-refractivity contribution >= 4 is 0 Å². The molecule has 0 spiro atoms. The van der Waals surface area contributed by atoms with Crippen LogP contribution in [0.5, 0.6) is 0 Å². The van der Waals surface area contributed by atoms with Crippen molar-refractivity contribution in [1.29, 1.82) is 0 Å². The van der Waals surface area contributed by atoms with E-state index in [4.69, 9.17) is 5.73 Å². The van der Waals surface area contributed by atoms with Crippen LogP contribution >= 0.6 is 0 Å². The summed E-state index contributed by atoms with van der Waals surface area (Å²) >= 11 is 0. The van der Waals surface area contributed by atoms with Crippen molar-refractivity contribution < 1.29 is 0 Å². The molecule has 0 aromatic carbocycles. The van der Waals surface area contributed by atoms with Crippen LogP contribution in [0, 0.1) is 5.41 Å². The zero-order valence-electron chi connectivity index (χ0n) is 9.65. The SMILES string of the molecule is CCC/C(C)=C\C=C(/N)C(C)(C)C. The molecule has 0 fully saturated rings. The minimum Gasteiger partial charge on any atom is -0.402 e. The van der Waals surface area contributed by atoms with Crippen LogP contribution in [0.3, 0.4) is 0 Å². The number of nitrogens with two attached hydrogens (primary N) is 1. The summed E-state index contributed by atoms with van der Waals surface area (Å²) in [5, 5.41) is 0. The van der Waals surface area contributed by atoms with Crippen molar-refractivity contribution in [2.75, 3.05) is 0 Å². The van der Waals surface area contributed by atoms with E-state index in [0.29, 0.717) is 0 Å². The Morgan fingerprint density at radius 1 is 1.23 bits per heavy atom. The smallest absolute Gasteiger partial charge is 0.0135 e. The van der Waals surface area contributed by atoms with Gasteiger partial charge in [0.1, 0.15) is 0 Å². The van der Waals surface area contributed by atoms with Crippen molar-refractivity contribution in [3.8, 4) is 0 Å². The minimum absolute atomic E-state index is 0.0863. The molecule has 0 rings (SSSR count). The highest BCUT2D eigenvalue weighted by atomic mass is 14.6. The van der Waals surface area contributed by atoms with Crippen molar-refractivity contribution in [3.63, 3.8) is 0 Å². The highest BCUT2D eigenvalue weighted by Gasteiger charge is 2.12. The minimum atomic E-state index is 0.0863. The summed E-state index contributed by atoms with van der Waals surface area (Å²) in [6.07, 6.45) is 6.52. The van der Waals surface area contributed by atoms with Gasteiger partial charge in [-0.3, -0.25) is 0 Å². The second-order valence-electron chi connectivity index (χ2n) is 4.64. The zero-order chi connectivity index (χ0) is 10.5. The summed E-state index contributed by atoms with van der Waals surface area (Å²) in [5.74, 6) is 0. The Balaban J connectivity index is 4.33. The van der Waals surface area contributed by atoms with Crippen molar-refractivity contribution in [2.24, 2.45) is 11.1 Å². The van der Waals surface area contributed by atoms with E-state index in [1.807, 2.05) is 6.08 Å². The molecule has 0 heterocycles. The summed E-state index contributed by atoms with van der Waals surface area (Å²) in [6.45, 7) is 10.7. The van der Waals surface area contributed by atoms with E-state index in [0.717, 1.165) is 12.1 Å². The lowest BCUT2D eigenvalue weighted by atomic mass is 9.92. The van der Waals surface area contributed by atoms with Crippen molar-refractivity contribution in [3.05, 3.63) is 23.4 Å². The molecule has 0 atom stereocenters. The molecule has 0 bridgehead atoms. The van der Waals surface area contributed by atoms with Crippen LogP contribution in [-0.4, -0.2) is 0 Å². The second-order valence-corrected chi connectivity index (χ2v) is 4.64. The molecule has 0 unspecified atom stereocenters. The van der Waals surface area contributed by atoms with Crippen LogP contribution in [0.4, 0.5) is 0 Å². The average Bonchev–Trinajstić information content (AvgIpc) is 1.99. The first-order valence-electron chi connectivity index (χ1n) is 5.01. The molecule has 0 aliphatic heterocycles. The highest BCUT2D eigenvalue weighted by Crippen LogP contribution is 2.20. The summed E-state index contributed by atoms with van der Waals surface area (Å²) in [4.78, 5) is 0. The van der Waals surface area contributed by atoms with Gasteiger partial charge < -0.3 is 5.73 Å². The predicted molar refractivity (Wildman–Crippen MR) is 60.4 cm³/mol. The maximum Gasteiger partial charge on any atom is 0.0135 e. The Kier molecular flexibility index (Phi) is 4.82. The Labute approximate surface area is 82.7 Å². The number of hydrogen-bond acceptors (Lipinski definition) is 1. The third-order valence-corrected chi connectivity index (χ3v) is 2.06. The first-order valence-corrected chi connectivity index (χ1v) is 5.01. The van der Waals surface area contributed by atoms with E-state index < -0.39 is 0 Å². The fourth-order valence-electron chi connectivity index (χ4n) is 0.960. The fourth-order valence-corrected chi connectivity index (χ4v) is 0.960. The summed E-state index contributed by atoms with van der Waals surface area (Å²) < 4.78 is 0. The molecule has 0 aromatic heterocycles. The van der Waals surface area contributed by atoms with E-state index in [2.05, 4.69) is 40.7 Å². The Morgan fingerprint density at radius 2 is 1.77 bits per heavy atom. The Bertz CT molecular complexity index is 204. The quantitative estimate of drug-likeness (QED) is 0.661. The molecule has 0 aromatic rings. The second kappa shape index (κ2) is 5.11. The Hall–Kier alpha value is -0.720. The molecular formula is C12H23N. The van der Waals surface area contributed by atoms with Gasteiger partial charge in [-0.1, -0.05) is 45.8 Å². The van der Waals surface area contributed by atoms with Gasteiger partial charge in [0, 0.05) is 11.1 Å². The molecule has 1 heteroatoms. The number of rotatable bonds is 3. The molecular weight excluding hydrogens is 158 g/mol. The molecule has 0 aliphatic carbocycles. The summed E-state index contributed by atoms with van der Waals surface area (Å²) in [5.41, 5.74) is 8.34. The average molecular weight is 181 g/mol. The van der Waals surface area contributed by atoms with Gasteiger partial charge in [0.25, 0.3) is 0 Å². The zero-order valence-corrected chi connectivity index (χ0v) is 9.65. The van der Waals surface area contributed by atoms with Crippen molar-refractivity contribution in [1.82, 2.24) is 0 Å². The molecule has 0 saturated heterocycles. The molecule has 0 saturated carbocycles. The maximum atomic E-state index is 5.91. The third kappa shape index (κ3) is 5.51. The van der Waals surface area contributed by atoms with E-state index in [-0.39, 0.29) is 5.41 Å². The van der Waals surface area contributed by atoms with Gasteiger partial charge in [0.2, 0.25) is 0 Å². The predicted octanol–water partition coefficient (Wildman–Crippen LogP) is 3.62. The topological polar surface area (TPSA) is 26.0 Å². The largest absolute Gasteiger partial charge is 0.402 e. The van der Waals surface area contributed by atoms with Crippen LogP contribution in [0.1, 0.15) is 47.5 Å². The van der Waals surface area contributed by atoms with Crippen LogP contribution in [0.2, 0.25) is 0 Å². The van der Waals surface area contributed by atoms with Crippen LogP contribution < -0.4 is 5.73 Å². The molecule has 0 radical (unpaired) electrons. The number of allylic oxidation sites excluding steroid dienone is 4. The normalized spacial score (nSPS) is 14.8. The lowest BCUT2D eigenvalue weighted by molar-refractivity contribution is 0.497. The summed E-state index contributed by atoms with van der Waals surface area (Å²) in [6, 6.07) is 0. The molecule has 0 aliphatic rings. The standard InChI is InChI=1S/C12H23N/c1-6-7-10(2)8-9-11(13)12(3,4)5/h8-9H,6-7,13H2,1-5H3/b10-8-,11-9-. The van der Waals surface area contributed by atoms with E-state index in [1.165, 1.54) is 12.0 Å². The number of hydrogen-bond donors (Lipinski definition) is 1. The monoisotopic (exact) mass is 181 g/mol. The van der Waals surface area contributed by atoms with Gasteiger partial charge in [-0.2, -0.15) is 0 Å². The first kappa shape index (κ1) is 12.3. The lowest BCUT2D eigenvalue weighted by Gasteiger charge is -2.18. The summed E-state index contributed by atoms with van der Waals surface area (Å²) in [7, 11) is 0. The highest BCUT2D eigenvalue weighted by molar-refractivity contribution is 5.18. The lowest BCUT2D eigenvalue weighted by Crippen LogP contribution is -2.16. The van der Waals surface area contributed by atoms with Crippen LogP contribution in [0.15, 0.2) is 23.4 Å². The fraction of sp³-hybridized carbons (Fsp3) is 0.667. The Morgan fingerprint density at radius 3 is 2.15 bits per heavy atom. The van der Waals surface area contributed by atoms with Gasteiger partial charge in [0.15, 0.2) is 0 Å².